The lowest BCUT2D eigenvalue weighted by Crippen LogP contribution is -2.02. The van der Waals surface area contributed by atoms with Gasteiger partial charge in [-0.05, 0) is 12.1 Å². The number of nitrogens with zero attached hydrogens (tertiary/aromatic N) is 2. The van der Waals surface area contributed by atoms with Crippen molar-refractivity contribution in [3.05, 3.63) is 48.3 Å². The summed E-state index contributed by atoms with van der Waals surface area (Å²) in [5.74, 6) is 0.235. The summed E-state index contributed by atoms with van der Waals surface area (Å²) in [5.41, 5.74) is 5.91. The molecule has 1 aromatic carbocycles. The predicted molar refractivity (Wildman–Crippen MR) is 57.2 cm³/mol. The molecule has 0 radical (unpaired) electrons. The Morgan fingerprint density at radius 1 is 1.19 bits per heavy atom. The summed E-state index contributed by atoms with van der Waals surface area (Å²) in [6.07, 6.45) is 2.96. The number of ether oxygens (including phenoxy) is 1. The van der Waals surface area contributed by atoms with Crippen molar-refractivity contribution in [3.63, 3.8) is 0 Å². The van der Waals surface area contributed by atoms with Crippen LogP contribution >= 0.6 is 0 Å². The molecule has 0 saturated carbocycles. The second-order valence-corrected chi connectivity index (χ2v) is 3.15. The molecule has 0 unspecified atom stereocenters. The molecule has 82 valence electrons. The quantitative estimate of drug-likeness (QED) is 0.854. The highest BCUT2D eigenvalue weighted by atomic mass is 19.1. The number of hydrogen-bond donors (Lipinski definition) is 1. The molecule has 2 aromatic rings. The SMILES string of the molecule is Nc1cnc(COc2ccccc2F)nc1. The number of aromatic nitrogens is 2. The van der Waals surface area contributed by atoms with Gasteiger partial charge in [0.1, 0.15) is 6.61 Å². The maximum Gasteiger partial charge on any atom is 0.166 e. The van der Waals surface area contributed by atoms with Crippen LogP contribution in [0.25, 0.3) is 0 Å². The van der Waals surface area contributed by atoms with Gasteiger partial charge in [0.05, 0.1) is 18.1 Å². The molecule has 0 fully saturated rings. The third-order valence-electron chi connectivity index (χ3n) is 1.92. The van der Waals surface area contributed by atoms with Crippen molar-refractivity contribution in [2.75, 3.05) is 5.73 Å². The fraction of sp³-hybridized carbons (Fsp3) is 0.0909. The lowest BCUT2D eigenvalue weighted by atomic mass is 10.3. The highest BCUT2D eigenvalue weighted by Gasteiger charge is 2.02. The van der Waals surface area contributed by atoms with E-state index in [1.165, 1.54) is 18.5 Å². The van der Waals surface area contributed by atoms with Crippen LogP contribution in [0.2, 0.25) is 0 Å². The number of hydrogen-bond acceptors (Lipinski definition) is 4. The minimum absolute atomic E-state index is 0.112. The van der Waals surface area contributed by atoms with Crippen molar-refractivity contribution >= 4 is 5.69 Å². The van der Waals surface area contributed by atoms with Crippen LogP contribution < -0.4 is 10.5 Å². The first-order valence-electron chi connectivity index (χ1n) is 4.69. The van der Waals surface area contributed by atoms with Gasteiger partial charge in [-0.25, -0.2) is 14.4 Å². The zero-order valence-corrected chi connectivity index (χ0v) is 8.43. The molecule has 0 amide bonds. The molecule has 2 rings (SSSR count). The number of para-hydroxylation sites is 1. The Bertz CT molecular complexity index is 473. The molecule has 0 saturated heterocycles. The van der Waals surface area contributed by atoms with E-state index in [1.54, 1.807) is 18.2 Å². The van der Waals surface area contributed by atoms with Crippen LogP contribution in [0.4, 0.5) is 10.1 Å². The average molecular weight is 219 g/mol. The smallest absolute Gasteiger partial charge is 0.166 e. The van der Waals surface area contributed by atoms with Gasteiger partial charge in [-0.15, -0.1) is 0 Å². The van der Waals surface area contributed by atoms with Crippen molar-refractivity contribution < 1.29 is 9.13 Å². The van der Waals surface area contributed by atoms with Gasteiger partial charge >= 0.3 is 0 Å². The normalized spacial score (nSPS) is 10.1. The first-order chi connectivity index (χ1) is 7.75. The van der Waals surface area contributed by atoms with Crippen LogP contribution in [-0.2, 0) is 6.61 Å². The number of nitrogen functional groups attached to an aromatic ring is 1. The van der Waals surface area contributed by atoms with Gasteiger partial charge in [-0.3, -0.25) is 0 Å². The fourth-order valence-corrected chi connectivity index (χ4v) is 1.14. The third-order valence-corrected chi connectivity index (χ3v) is 1.92. The molecule has 4 nitrogen and oxygen atoms in total. The Morgan fingerprint density at radius 2 is 1.88 bits per heavy atom. The summed E-state index contributed by atoms with van der Waals surface area (Å²) in [4.78, 5) is 7.88. The molecule has 0 aliphatic rings. The Morgan fingerprint density at radius 3 is 2.56 bits per heavy atom. The van der Waals surface area contributed by atoms with Gasteiger partial charge in [-0.2, -0.15) is 0 Å². The van der Waals surface area contributed by atoms with E-state index in [1.807, 2.05) is 0 Å². The van der Waals surface area contributed by atoms with E-state index in [-0.39, 0.29) is 12.4 Å². The molecule has 0 atom stereocenters. The molecular formula is C11H10FN3O. The van der Waals surface area contributed by atoms with E-state index in [4.69, 9.17) is 10.5 Å². The molecule has 0 aliphatic carbocycles. The molecular weight excluding hydrogens is 209 g/mol. The van der Waals surface area contributed by atoms with Crippen molar-refractivity contribution in [1.29, 1.82) is 0 Å². The summed E-state index contributed by atoms with van der Waals surface area (Å²) in [5, 5.41) is 0. The van der Waals surface area contributed by atoms with E-state index < -0.39 is 5.82 Å². The summed E-state index contributed by atoms with van der Waals surface area (Å²) in [7, 11) is 0. The molecule has 2 N–H and O–H groups in total. The highest BCUT2D eigenvalue weighted by Crippen LogP contribution is 2.16. The first-order valence-corrected chi connectivity index (χ1v) is 4.69. The Labute approximate surface area is 91.9 Å². The second-order valence-electron chi connectivity index (χ2n) is 3.15. The van der Waals surface area contributed by atoms with Gasteiger partial charge in [0.25, 0.3) is 0 Å². The van der Waals surface area contributed by atoms with Gasteiger partial charge < -0.3 is 10.5 Å². The number of nitrogens with two attached hydrogens (primary N) is 1. The molecule has 1 heterocycles. The molecule has 0 bridgehead atoms. The predicted octanol–water partition coefficient (Wildman–Crippen LogP) is 1.78. The van der Waals surface area contributed by atoms with E-state index in [2.05, 4.69) is 9.97 Å². The van der Waals surface area contributed by atoms with Crippen LogP contribution in [-0.4, -0.2) is 9.97 Å². The number of anilines is 1. The molecule has 0 aliphatic heterocycles. The number of benzene rings is 1. The van der Waals surface area contributed by atoms with Crippen molar-refractivity contribution in [3.8, 4) is 5.75 Å². The van der Waals surface area contributed by atoms with Crippen molar-refractivity contribution in [2.24, 2.45) is 0 Å². The number of rotatable bonds is 3. The van der Waals surface area contributed by atoms with E-state index in [0.717, 1.165) is 0 Å². The molecule has 1 aromatic heterocycles. The summed E-state index contributed by atoms with van der Waals surface area (Å²) in [6.45, 7) is 0.112. The van der Waals surface area contributed by atoms with Crippen LogP contribution in [0.3, 0.4) is 0 Å². The van der Waals surface area contributed by atoms with Crippen molar-refractivity contribution in [2.45, 2.75) is 6.61 Å². The first kappa shape index (κ1) is 10.4. The Hall–Kier alpha value is -2.17. The van der Waals surface area contributed by atoms with Crippen LogP contribution in [0.5, 0.6) is 5.75 Å². The minimum Gasteiger partial charge on any atom is -0.483 e. The van der Waals surface area contributed by atoms with Crippen LogP contribution in [0.1, 0.15) is 5.82 Å². The van der Waals surface area contributed by atoms with Gasteiger partial charge in [0, 0.05) is 0 Å². The monoisotopic (exact) mass is 219 g/mol. The standard InChI is InChI=1S/C11H10FN3O/c12-9-3-1-2-4-10(9)16-7-11-14-5-8(13)6-15-11/h1-6H,7,13H2. The van der Waals surface area contributed by atoms with E-state index in [9.17, 15) is 4.39 Å². The zero-order chi connectivity index (χ0) is 11.4. The molecule has 0 spiro atoms. The summed E-state index contributed by atoms with van der Waals surface area (Å²) >= 11 is 0. The van der Waals surface area contributed by atoms with Crippen LogP contribution in [0.15, 0.2) is 36.7 Å². The highest BCUT2D eigenvalue weighted by molar-refractivity contribution is 5.30. The lowest BCUT2D eigenvalue weighted by molar-refractivity contribution is 0.281. The minimum atomic E-state index is -0.405. The molecule has 5 heteroatoms. The third kappa shape index (κ3) is 2.44. The largest absolute Gasteiger partial charge is 0.483 e. The van der Waals surface area contributed by atoms with Crippen LogP contribution in [0, 0.1) is 5.82 Å². The van der Waals surface area contributed by atoms with Gasteiger partial charge in [0.2, 0.25) is 0 Å². The van der Waals surface area contributed by atoms with E-state index >= 15 is 0 Å². The average Bonchev–Trinajstić information content (AvgIpc) is 2.30. The maximum absolute atomic E-state index is 13.2. The maximum atomic E-state index is 13.2. The Balaban J connectivity index is 2.02. The second kappa shape index (κ2) is 4.57. The fourth-order valence-electron chi connectivity index (χ4n) is 1.14. The summed E-state index contributed by atoms with van der Waals surface area (Å²) in [6, 6.07) is 6.18. The van der Waals surface area contributed by atoms with E-state index in [0.29, 0.717) is 11.5 Å². The number of halogens is 1. The topological polar surface area (TPSA) is 61.0 Å². The van der Waals surface area contributed by atoms with Crippen molar-refractivity contribution in [1.82, 2.24) is 9.97 Å². The van der Waals surface area contributed by atoms with Gasteiger partial charge in [0.15, 0.2) is 17.4 Å². The Kier molecular flexibility index (Phi) is 2.95. The van der Waals surface area contributed by atoms with Gasteiger partial charge in [-0.1, -0.05) is 12.1 Å². The summed E-state index contributed by atoms with van der Waals surface area (Å²) < 4.78 is 18.4. The zero-order valence-electron chi connectivity index (χ0n) is 8.43. The lowest BCUT2D eigenvalue weighted by Gasteiger charge is -2.05. The molecule has 16 heavy (non-hydrogen) atoms.